The second-order valence-electron chi connectivity index (χ2n) is 10.7. The Bertz CT molecular complexity index is 1270. The molecule has 0 aromatic heterocycles. The van der Waals surface area contributed by atoms with Gasteiger partial charge in [0, 0.05) is 6.42 Å². The largest absolute Gasteiger partial charge is 0.508 e. The zero-order valence-electron chi connectivity index (χ0n) is 22.4. The lowest BCUT2D eigenvalue weighted by atomic mass is 9.71. The van der Waals surface area contributed by atoms with Crippen LogP contribution in [0.5, 0.6) is 5.75 Å². The van der Waals surface area contributed by atoms with Crippen LogP contribution in [0, 0.1) is 0 Å². The molecule has 238 valence electrons. The third kappa shape index (κ3) is 5.56. The molecular weight excluding hydrogens is 580 g/mol. The molecule has 1 aromatic carbocycles. The van der Waals surface area contributed by atoms with Crippen molar-refractivity contribution in [2.45, 2.75) is 79.5 Å². The topological polar surface area (TPSA) is 295 Å². The van der Waals surface area contributed by atoms with Gasteiger partial charge in [0.25, 0.3) is 0 Å². The zero-order valence-corrected chi connectivity index (χ0v) is 22.4. The number of phenolic OH excluding ortho intramolecular Hbond substituents is 1. The first-order chi connectivity index (χ1) is 20.2. The number of hydrogen-bond acceptors (Lipinski definition) is 16. The summed E-state index contributed by atoms with van der Waals surface area (Å²) in [6, 6.07) is 5.60. The molecule has 12 N–H and O–H groups in total. The maximum absolute atomic E-state index is 13.8. The minimum Gasteiger partial charge on any atom is -0.508 e. The molecule has 2 saturated heterocycles. The summed E-state index contributed by atoms with van der Waals surface area (Å²) >= 11 is 0. The molecule has 11 atom stereocenters. The van der Waals surface area contributed by atoms with Gasteiger partial charge in [-0.15, -0.1) is 0 Å². The fourth-order valence-corrected chi connectivity index (χ4v) is 5.48. The minimum absolute atomic E-state index is 0.0627. The SMILES string of the molecule is O=C(CCc1ccc(O)cc1)C1=C(O)C(C2OC(CO)[C@@H](O)[C@H](O)[C@H]2O)=C(O)C(O)(C2OC(CO)[C@@H](O)[C@H](O)[C@H]2O)C1=O. The summed E-state index contributed by atoms with van der Waals surface area (Å²) in [5.74, 6) is -5.79. The van der Waals surface area contributed by atoms with Crippen LogP contribution in [0.2, 0.25) is 0 Å². The number of carbonyl (C=O) groups is 2. The van der Waals surface area contributed by atoms with Crippen molar-refractivity contribution in [3.8, 4) is 5.75 Å². The van der Waals surface area contributed by atoms with Crippen LogP contribution < -0.4 is 0 Å². The van der Waals surface area contributed by atoms with E-state index in [9.17, 15) is 70.9 Å². The second-order valence-corrected chi connectivity index (χ2v) is 10.7. The van der Waals surface area contributed by atoms with E-state index in [0.717, 1.165) is 0 Å². The molecule has 0 bridgehead atoms. The molecule has 1 aliphatic carbocycles. The van der Waals surface area contributed by atoms with Crippen molar-refractivity contribution in [3.63, 3.8) is 0 Å². The second kappa shape index (κ2) is 12.5. The van der Waals surface area contributed by atoms with Gasteiger partial charge in [-0.2, -0.15) is 0 Å². The lowest BCUT2D eigenvalue weighted by Crippen LogP contribution is -2.69. The number of aliphatic hydroxyl groups is 11. The van der Waals surface area contributed by atoms with E-state index < -0.39 is 121 Å². The molecule has 0 saturated carbocycles. The summed E-state index contributed by atoms with van der Waals surface area (Å²) in [5.41, 5.74) is -5.24. The van der Waals surface area contributed by atoms with Crippen LogP contribution in [-0.4, -0.2) is 153 Å². The van der Waals surface area contributed by atoms with Crippen molar-refractivity contribution in [1.29, 1.82) is 0 Å². The number of hydrogen-bond donors (Lipinski definition) is 12. The standard InChI is InChI=1S/C27H34O16/c28-7-12-16(32)19(35)21(37)23(42-12)15-18(34)14(11(31)6-3-9-1-4-10(30)5-2-9)24(39)27(41,25(15)40)26-22(38)20(36)17(33)13(8-29)43-26/h1-2,4-5,12-13,16-17,19-23,26,28-30,32-38,40-41H,3,6-8H2/t12?,13?,16-,17-,19+,20+,21-,22-,23?,26?,27?/m1/s1. The minimum atomic E-state index is -3.53. The first-order valence-corrected chi connectivity index (χ1v) is 13.3. The predicted octanol–water partition coefficient (Wildman–Crippen LogP) is -4.48. The Morgan fingerprint density at radius 1 is 0.767 bits per heavy atom. The van der Waals surface area contributed by atoms with E-state index in [1.165, 1.54) is 24.3 Å². The van der Waals surface area contributed by atoms with Crippen molar-refractivity contribution in [2.75, 3.05) is 13.2 Å². The Labute approximate surface area is 243 Å². The molecule has 16 heteroatoms. The lowest BCUT2D eigenvalue weighted by Gasteiger charge is -2.48. The number of aromatic hydroxyl groups is 1. The van der Waals surface area contributed by atoms with Crippen LogP contribution in [0.1, 0.15) is 12.0 Å². The van der Waals surface area contributed by atoms with E-state index >= 15 is 0 Å². The van der Waals surface area contributed by atoms with Crippen LogP contribution in [0.25, 0.3) is 0 Å². The van der Waals surface area contributed by atoms with Gasteiger partial charge in [0.2, 0.25) is 11.4 Å². The average Bonchev–Trinajstić information content (AvgIpc) is 2.98. The van der Waals surface area contributed by atoms with E-state index in [0.29, 0.717) is 5.56 Å². The molecule has 2 heterocycles. The van der Waals surface area contributed by atoms with Crippen molar-refractivity contribution in [3.05, 3.63) is 52.5 Å². The Morgan fingerprint density at radius 3 is 1.86 bits per heavy atom. The van der Waals surface area contributed by atoms with E-state index in [-0.39, 0.29) is 12.2 Å². The van der Waals surface area contributed by atoms with Gasteiger partial charge in [0.05, 0.1) is 18.8 Å². The summed E-state index contributed by atoms with van der Waals surface area (Å²) in [4.78, 5) is 27.2. The smallest absolute Gasteiger partial charge is 0.214 e. The molecule has 0 radical (unpaired) electrons. The molecular formula is C27H34O16. The summed E-state index contributed by atoms with van der Waals surface area (Å²) in [6.45, 7) is -1.95. The zero-order chi connectivity index (χ0) is 32.0. The predicted molar refractivity (Wildman–Crippen MR) is 138 cm³/mol. The lowest BCUT2D eigenvalue weighted by molar-refractivity contribution is -0.263. The van der Waals surface area contributed by atoms with E-state index in [4.69, 9.17) is 9.47 Å². The third-order valence-electron chi connectivity index (χ3n) is 8.02. The first-order valence-electron chi connectivity index (χ1n) is 13.3. The molecule has 1 aromatic rings. The summed E-state index contributed by atoms with van der Waals surface area (Å²) in [5, 5.41) is 125. The van der Waals surface area contributed by atoms with Gasteiger partial charge in [-0.05, 0) is 24.1 Å². The van der Waals surface area contributed by atoms with Gasteiger partial charge in [-0.3, -0.25) is 9.59 Å². The van der Waals surface area contributed by atoms with Crippen molar-refractivity contribution >= 4 is 11.6 Å². The maximum Gasteiger partial charge on any atom is 0.214 e. The quantitative estimate of drug-likeness (QED) is 0.123. The number of benzene rings is 1. The number of rotatable bonds is 8. The van der Waals surface area contributed by atoms with E-state index in [1.54, 1.807) is 0 Å². The number of aliphatic hydroxyl groups excluding tert-OH is 10. The van der Waals surface area contributed by atoms with E-state index in [2.05, 4.69) is 0 Å². The van der Waals surface area contributed by atoms with Crippen LogP contribution in [0.3, 0.4) is 0 Å². The maximum atomic E-state index is 13.8. The molecule has 5 unspecified atom stereocenters. The highest BCUT2D eigenvalue weighted by Gasteiger charge is 2.63. The highest BCUT2D eigenvalue weighted by molar-refractivity contribution is 6.25. The summed E-state index contributed by atoms with van der Waals surface area (Å²) in [6.07, 6.45) is -21.0. The van der Waals surface area contributed by atoms with Gasteiger partial charge in [-0.25, -0.2) is 0 Å². The first kappa shape index (κ1) is 32.9. The number of phenols is 1. The Kier molecular flexibility index (Phi) is 9.60. The van der Waals surface area contributed by atoms with Crippen LogP contribution in [-0.2, 0) is 25.5 Å². The van der Waals surface area contributed by atoms with E-state index in [1.807, 2.05) is 0 Å². The third-order valence-corrected chi connectivity index (χ3v) is 8.02. The molecule has 0 amide bonds. The normalized spacial score (nSPS) is 38.9. The number of aryl methyl sites for hydroxylation is 1. The molecule has 0 spiro atoms. The average molecular weight is 615 g/mol. The van der Waals surface area contributed by atoms with Gasteiger partial charge in [0.1, 0.15) is 83.9 Å². The fourth-order valence-electron chi connectivity index (χ4n) is 5.48. The van der Waals surface area contributed by atoms with Crippen LogP contribution in [0.15, 0.2) is 46.9 Å². The molecule has 2 fully saturated rings. The van der Waals surface area contributed by atoms with Gasteiger partial charge < -0.3 is 70.8 Å². The van der Waals surface area contributed by atoms with Crippen molar-refractivity contribution < 1.29 is 80.3 Å². The van der Waals surface area contributed by atoms with Crippen molar-refractivity contribution in [1.82, 2.24) is 0 Å². The highest BCUT2D eigenvalue weighted by Crippen LogP contribution is 2.44. The molecule has 3 aliphatic rings. The van der Waals surface area contributed by atoms with Gasteiger partial charge in [-0.1, -0.05) is 12.1 Å². The van der Waals surface area contributed by atoms with Gasteiger partial charge in [0.15, 0.2) is 5.78 Å². The Hall–Kier alpha value is -3.00. The monoisotopic (exact) mass is 614 g/mol. The Balaban J connectivity index is 1.85. The summed E-state index contributed by atoms with van der Waals surface area (Å²) < 4.78 is 10.7. The van der Waals surface area contributed by atoms with Crippen LogP contribution >= 0.6 is 0 Å². The number of Topliss-reactive ketones (excluding diaryl/α,β-unsaturated/α-hetero) is 2. The summed E-state index contributed by atoms with van der Waals surface area (Å²) in [7, 11) is 0. The molecule has 4 rings (SSSR count). The van der Waals surface area contributed by atoms with Crippen molar-refractivity contribution in [2.24, 2.45) is 0 Å². The number of ketones is 2. The fraction of sp³-hybridized carbons (Fsp3) is 0.556. The number of carbonyl (C=O) groups excluding carboxylic acids is 2. The Morgan fingerprint density at radius 2 is 1.30 bits per heavy atom. The highest BCUT2D eigenvalue weighted by atomic mass is 16.6. The number of ether oxygens (including phenoxy) is 2. The van der Waals surface area contributed by atoms with Crippen LogP contribution in [0.4, 0.5) is 0 Å². The molecule has 2 aliphatic heterocycles. The molecule has 43 heavy (non-hydrogen) atoms. The molecule has 16 nitrogen and oxygen atoms in total. The van der Waals surface area contributed by atoms with Gasteiger partial charge >= 0.3 is 0 Å².